The highest BCUT2D eigenvalue weighted by Gasteiger charge is 2.12. The van der Waals surface area contributed by atoms with Crippen LogP contribution in [0.3, 0.4) is 0 Å². The Bertz CT molecular complexity index is 1190. The third-order valence-electron chi connectivity index (χ3n) is 4.59. The molecule has 0 saturated heterocycles. The highest BCUT2D eigenvalue weighted by Crippen LogP contribution is 2.35. The molecule has 1 heterocycles. The summed E-state index contributed by atoms with van der Waals surface area (Å²) < 4.78 is 5.40. The Hall–Kier alpha value is -3.37. The van der Waals surface area contributed by atoms with Gasteiger partial charge in [0.2, 0.25) is 0 Å². The number of fused-ring (bicyclic) bond motifs is 1. The number of methoxy groups -OCH3 is 1. The average molecular weight is 390 g/mol. The van der Waals surface area contributed by atoms with E-state index < -0.39 is 5.97 Å². The average Bonchev–Trinajstić information content (AvgIpc) is 2.73. The minimum Gasteiger partial charge on any atom is -0.497 e. The summed E-state index contributed by atoms with van der Waals surface area (Å²) in [5.41, 5.74) is 4.69. The summed E-state index contributed by atoms with van der Waals surface area (Å²) in [6, 6.07) is 22.2. The number of ether oxygens (including phenoxy) is 1. The molecular weight excluding hydrogens is 374 g/mol. The largest absolute Gasteiger partial charge is 0.497 e. The highest BCUT2D eigenvalue weighted by molar-refractivity contribution is 6.30. The van der Waals surface area contributed by atoms with Gasteiger partial charge < -0.3 is 9.84 Å². The molecule has 0 bridgehead atoms. The van der Waals surface area contributed by atoms with Crippen LogP contribution in [-0.4, -0.2) is 23.2 Å². The Labute approximate surface area is 167 Å². The number of hydrogen-bond acceptors (Lipinski definition) is 3. The molecule has 138 valence electrons. The summed E-state index contributed by atoms with van der Waals surface area (Å²) >= 11 is 6.03. The van der Waals surface area contributed by atoms with Gasteiger partial charge in [0.15, 0.2) is 0 Å². The first kappa shape index (κ1) is 18.0. The number of aromatic carboxylic acids is 1. The van der Waals surface area contributed by atoms with Gasteiger partial charge in [0.25, 0.3) is 0 Å². The minimum absolute atomic E-state index is 0.241. The molecule has 0 atom stereocenters. The Morgan fingerprint density at radius 3 is 2.43 bits per heavy atom. The molecule has 5 heteroatoms. The van der Waals surface area contributed by atoms with Crippen molar-refractivity contribution in [2.75, 3.05) is 7.11 Å². The van der Waals surface area contributed by atoms with Crippen molar-refractivity contribution >= 4 is 28.5 Å². The van der Waals surface area contributed by atoms with E-state index in [0.29, 0.717) is 5.02 Å². The van der Waals surface area contributed by atoms with E-state index in [0.717, 1.165) is 39.0 Å². The fourth-order valence-corrected chi connectivity index (χ4v) is 3.28. The molecule has 4 nitrogen and oxygen atoms in total. The van der Waals surface area contributed by atoms with Gasteiger partial charge in [-0.3, -0.25) is 0 Å². The summed E-state index contributed by atoms with van der Waals surface area (Å²) in [5.74, 6) is -0.223. The smallest absolute Gasteiger partial charge is 0.335 e. The van der Waals surface area contributed by atoms with Gasteiger partial charge in [-0.1, -0.05) is 35.9 Å². The first-order chi connectivity index (χ1) is 13.5. The minimum atomic E-state index is -0.955. The topological polar surface area (TPSA) is 59.4 Å². The summed E-state index contributed by atoms with van der Waals surface area (Å²) in [5, 5.41) is 10.6. The molecular formula is C23H16ClNO3. The van der Waals surface area contributed by atoms with Crippen molar-refractivity contribution in [3.05, 3.63) is 83.4 Å². The fraction of sp³-hybridized carbons (Fsp3) is 0.0435. The molecule has 1 N–H and O–H groups in total. The van der Waals surface area contributed by atoms with E-state index in [1.54, 1.807) is 25.3 Å². The normalized spacial score (nSPS) is 10.8. The van der Waals surface area contributed by atoms with Gasteiger partial charge >= 0.3 is 5.97 Å². The number of halogens is 1. The quantitative estimate of drug-likeness (QED) is 0.470. The second-order valence-corrected chi connectivity index (χ2v) is 6.76. The molecule has 3 aromatic carbocycles. The van der Waals surface area contributed by atoms with E-state index >= 15 is 0 Å². The van der Waals surface area contributed by atoms with Gasteiger partial charge in [-0.25, -0.2) is 9.78 Å². The number of rotatable bonds is 4. The van der Waals surface area contributed by atoms with Gasteiger partial charge in [0, 0.05) is 16.0 Å². The number of hydrogen-bond donors (Lipinski definition) is 1. The molecule has 0 aliphatic rings. The maximum Gasteiger partial charge on any atom is 0.335 e. The number of aromatic nitrogens is 1. The predicted molar refractivity (Wildman–Crippen MR) is 111 cm³/mol. The van der Waals surface area contributed by atoms with Gasteiger partial charge in [-0.2, -0.15) is 0 Å². The summed E-state index contributed by atoms with van der Waals surface area (Å²) in [7, 11) is 1.63. The number of pyridine rings is 1. The van der Waals surface area contributed by atoms with Crippen LogP contribution in [0.1, 0.15) is 10.4 Å². The van der Waals surface area contributed by atoms with E-state index in [2.05, 4.69) is 0 Å². The SMILES string of the molecule is COc1ccc(-c2ccc(Cl)cc2)c(-c2ccc3cc(C(=O)O)ccc3n2)c1. The van der Waals surface area contributed by atoms with Gasteiger partial charge in [0.05, 0.1) is 23.9 Å². The molecule has 28 heavy (non-hydrogen) atoms. The van der Waals surface area contributed by atoms with Crippen LogP contribution < -0.4 is 4.74 Å². The molecule has 0 fully saturated rings. The first-order valence-electron chi connectivity index (χ1n) is 8.63. The molecule has 0 aliphatic carbocycles. The van der Waals surface area contributed by atoms with Crippen LogP contribution in [-0.2, 0) is 0 Å². The number of nitrogens with zero attached hydrogens (tertiary/aromatic N) is 1. The van der Waals surface area contributed by atoms with E-state index in [4.69, 9.17) is 21.3 Å². The molecule has 0 spiro atoms. The number of carbonyl (C=O) groups is 1. The third-order valence-corrected chi connectivity index (χ3v) is 4.85. The second kappa shape index (κ2) is 7.33. The Morgan fingerprint density at radius 1 is 0.929 bits per heavy atom. The van der Waals surface area contributed by atoms with Gasteiger partial charge in [0.1, 0.15) is 5.75 Å². The van der Waals surface area contributed by atoms with Gasteiger partial charge in [-0.05, 0) is 59.7 Å². The number of carboxylic acids is 1. The Morgan fingerprint density at radius 2 is 1.71 bits per heavy atom. The monoisotopic (exact) mass is 389 g/mol. The lowest BCUT2D eigenvalue weighted by Crippen LogP contribution is -1.96. The van der Waals surface area contributed by atoms with E-state index in [9.17, 15) is 9.90 Å². The maximum absolute atomic E-state index is 11.2. The molecule has 1 aromatic heterocycles. The zero-order chi connectivity index (χ0) is 19.7. The fourth-order valence-electron chi connectivity index (χ4n) is 3.15. The van der Waals surface area contributed by atoms with Crippen molar-refractivity contribution in [2.45, 2.75) is 0 Å². The number of carboxylic acid groups (broad SMARTS) is 1. The molecule has 0 saturated carbocycles. The van der Waals surface area contributed by atoms with Crippen molar-refractivity contribution in [1.82, 2.24) is 4.98 Å². The van der Waals surface area contributed by atoms with Crippen LogP contribution >= 0.6 is 11.6 Å². The van der Waals surface area contributed by atoms with Crippen molar-refractivity contribution in [3.8, 4) is 28.1 Å². The molecule has 0 radical (unpaired) electrons. The second-order valence-electron chi connectivity index (χ2n) is 6.33. The molecule has 0 amide bonds. The van der Waals surface area contributed by atoms with Gasteiger partial charge in [-0.15, -0.1) is 0 Å². The third kappa shape index (κ3) is 3.42. The first-order valence-corrected chi connectivity index (χ1v) is 9.01. The summed E-state index contributed by atoms with van der Waals surface area (Å²) in [6.45, 7) is 0. The lowest BCUT2D eigenvalue weighted by Gasteiger charge is -2.12. The zero-order valence-electron chi connectivity index (χ0n) is 15.0. The highest BCUT2D eigenvalue weighted by atomic mass is 35.5. The zero-order valence-corrected chi connectivity index (χ0v) is 15.8. The van der Waals surface area contributed by atoms with E-state index in [1.165, 1.54) is 0 Å². The van der Waals surface area contributed by atoms with Crippen LogP contribution in [0.2, 0.25) is 5.02 Å². The van der Waals surface area contributed by atoms with Crippen LogP contribution in [0.15, 0.2) is 72.8 Å². The van der Waals surface area contributed by atoms with Crippen molar-refractivity contribution in [2.24, 2.45) is 0 Å². The van der Waals surface area contributed by atoms with Crippen molar-refractivity contribution in [3.63, 3.8) is 0 Å². The molecule has 0 unspecified atom stereocenters. The Kier molecular flexibility index (Phi) is 4.72. The predicted octanol–water partition coefficient (Wildman–Crippen LogP) is 5.93. The van der Waals surface area contributed by atoms with Crippen LogP contribution in [0, 0.1) is 0 Å². The van der Waals surface area contributed by atoms with Crippen LogP contribution in [0.5, 0.6) is 5.75 Å². The molecule has 4 rings (SSSR count). The maximum atomic E-state index is 11.2. The summed E-state index contributed by atoms with van der Waals surface area (Å²) in [4.78, 5) is 15.9. The standard InChI is InChI=1S/C23H16ClNO3/c1-28-18-8-9-19(14-2-6-17(24)7-3-14)20(13-18)22-11-4-15-12-16(23(26)27)5-10-21(15)25-22/h2-13H,1H3,(H,26,27). The lowest BCUT2D eigenvalue weighted by atomic mass is 9.96. The van der Waals surface area contributed by atoms with E-state index in [-0.39, 0.29) is 5.56 Å². The number of benzene rings is 3. The van der Waals surface area contributed by atoms with E-state index in [1.807, 2.05) is 54.6 Å². The Balaban J connectivity index is 1.88. The van der Waals surface area contributed by atoms with Crippen LogP contribution in [0.4, 0.5) is 0 Å². The molecule has 4 aromatic rings. The van der Waals surface area contributed by atoms with Crippen molar-refractivity contribution < 1.29 is 14.6 Å². The lowest BCUT2D eigenvalue weighted by molar-refractivity contribution is 0.0697. The van der Waals surface area contributed by atoms with Crippen LogP contribution in [0.25, 0.3) is 33.3 Å². The molecule has 0 aliphatic heterocycles. The van der Waals surface area contributed by atoms with Crippen molar-refractivity contribution in [1.29, 1.82) is 0 Å². The summed E-state index contributed by atoms with van der Waals surface area (Å²) in [6.07, 6.45) is 0.